The molecule has 19 heavy (non-hydrogen) atoms. The molecule has 0 fully saturated rings. The van der Waals surface area contributed by atoms with Crippen LogP contribution in [0.2, 0.25) is 0 Å². The third-order valence-electron chi connectivity index (χ3n) is 2.89. The van der Waals surface area contributed by atoms with E-state index in [1.165, 1.54) is 4.88 Å². The lowest BCUT2D eigenvalue weighted by Gasteiger charge is -2.07. The van der Waals surface area contributed by atoms with Crippen molar-refractivity contribution in [1.29, 1.82) is 0 Å². The van der Waals surface area contributed by atoms with Gasteiger partial charge in [0.25, 0.3) is 0 Å². The van der Waals surface area contributed by atoms with Crippen LogP contribution in [0.15, 0.2) is 0 Å². The molecule has 4 nitrogen and oxygen atoms in total. The van der Waals surface area contributed by atoms with Crippen LogP contribution in [0.3, 0.4) is 0 Å². The second-order valence-corrected chi connectivity index (χ2v) is 6.81. The first kappa shape index (κ1) is 14.4. The molecular formula is C13H20N4S2. The Morgan fingerprint density at radius 2 is 2.00 bits per heavy atom. The number of hydrogen-bond acceptors (Lipinski definition) is 6. The predicted octanol–water partition coefficient (Wildman–Crippen LogP) is 4.13. The average molecular weight is 296 g/mol. The lowest BCUT2D eigenvalue weighted by atomic mass is 10.2. The van der Waals surface area contributed by atoms with Crippen LogP contribution < -0.4 is 5.32 Å². The van der Waals surface area contributed by atoms with Gasteiger partial charge in [0.2, 0.25) is 5.13 Å². The lowest BCUT2D eigenvalue weighted by Crippen LogP contribution is -2.12. The summed E-state index contributed by atoms with van der Waals surface area (Å²) < 4.78 is 0. The van der Waals surface area contributed by atoms with E-state index in [2.05, 4.69) is 41.3 Å². The number of rotatable bonds is 6. The van der Waals surface area contributed by atoms with Gasteiger partial charge in [-0.1, -0.05) is 31.6 Å². The molecule has 1 unspecified atom stereocenters. The highest BCUT2D eigenvalue weighted by molar-refractivity contribution is 7.23. The van der Waals surface area contributed by atoms with Crippen molar-refractivity contribution >= 4 is 27.8 Å². The predicted molar refractivity (Wildman–Crippen MR) is 83.1 cm³/mol. The Labute approximate surface area is 122 Å². The Morgan fingerprint density at radius 3 is 2.68 bits per heavy atom. The van der Waals surface area contributed by atoms with Crippen LogP contribution >= 0.6 is 22.7 Å². The van der Waals surface area contributed by atoms with Crippen LogP contribution in [0.5, 0.6) is 0 Å². The molecular weight excluding hydrogens is 276 g/mol. The van der Waals surface area contributed by atoms with Gasteiger partial charge in [-0.25, -0.2) is 4.98 Å². The maximum absolute atomic E-state index is 4.60. The summed E-state index contributed by atoms with van der Waals surface area (Å²) in [6.45, 7) is 8.53. The van der Waals surface area contributed by atoms with E-state index in [-0.39, 0.29) is 0 Å². The van der Waals surface area contributed by atoms with Crippen LogP contribution in [-0.2, 0) is 6.42 Å². The Hall–Kier alpha value is -1.01. The van der Waals surface area contributed by atoms with E-state index in [1.54, 1.807) is 22.7 Å². The van der Waals surface area contributed by atoms with Crippen LogP contribution in [-0.4, -0.2) is 21.2 Å². The zero-order valence-corrected chi connectivity index (χ0v) is 13.5. The number of anilines is 1. The smallest absolute Gasteiger partial charge is 0.206 e. The van der Waals surface area contributed by atoms with Gasteiger partial charge >= 0.3 is 0 Å². The molecule has 0 aromatic carbocycles. The molecule has 0 radical (unpaired) electrons. The van der Waals surface area contributed by atoms with E-state index in [1.807, 2.05) is 6.92 Å². The second kappa shape index (κ2) is 6.43. The highest BCUT2D eigenvalue weighted by Gasteiger charge is 2.15. The number of nitrogens with zero attached hydrogens (tertiary/aromatic N) is 3. The minimum absolute atomic E-state index is 0.430. The van der Waals surface area contributed by atoms with Gasteiger partial charge in [0.05, 0.1) is 15.6 Å². The fourth-order valence-electron chi connectivity index (χ4n) is 1.73. The number of hydrogen-bond donors (Lipinski definition) is 1. The summed E-state index contributed by atoms with van der Waals surface area (Å²) in [5.74, 6) is 0. The molecule has 0 bridgehead atoms. The lowest BCUT2D eigenvalue weighted by molar-refractivity contribution is 0.760. The highest BCUT2D eigenvalue weighted by atomic mass is 32.1. The van der Waals surface area contributed by atoms with Crippen molar-refractivity contribution in [2.75, 3.05) is 5.32 Å². The summed E-state index contributed by atoms with van der Waals surface area (Å²) in [4.78, 5) is 5.79. The van der Waals surface area contributed by atoms with Crippen molar-refractivity contribution in [2.45, 2.75) is 53.0 Å². The number of nitrogens with one attached hydrogen (secondary N) is 1. The SMILES string of the molecule is CCCc1nc(C)sc1-c1nnc(NC(C)CC)s1. The summed E-state index contributed by atoms with van der Waals surface area (Å²) in [7, 11) is 0. The van der Waals surface area contributed by atoms with Crippen LogP contribution in [0.4, 0.5) is 5.13 Å². The first-order valence-electron chi connectivity index (χ1n) is 6.70. The van der Waals surface area contributed by atoms with E-state index in [0.717, 1.165) is 40.1 Å². The van der Waals surface area contributed by atoms with E-state index < -0.39 is 0 Å². The summed E-state index contributed by atoms with van der Waals surface area (Å²) in [6, 6.07) is 0.430. The molecule has 0 aliphatic rings. The number of aryl methyl sites for hydroxylation is 2. The summed E-state index contributed by atoms with van der Waals surface area (Å²) in [5.41, 5.74) is 1.16. The zero-order chi connectivity index (χ0) is 13.8. The Morgan fingerprint density at radius 1 is 1.21 bits per heavy atom. The molecule has 2 heterocycles. The number of thiazole rings is 1. The second-order valence-electron chi connectivity index (χ2n) is 4.62. The molecule has 0 saturated carbocycles. The van der Waals surface area contributed by atoms with Crippen LogP contribution in [0.25, 0.3) is 9.88 Å². The van der Waals surface area contributed by atoms with Gasteiger partial charge in [-0.15, -0.1) is 21.5 Å². The van der Waals surface area contributed by atoms with Crippen molar-refractivity contribution < 1.29 is 0 Å². The van der Waals surface area contributed by atoms with Gasteiger partial charge in [0.15, 0.2) is 5.01 Å². The molecule has 6 heteroatoms. The quantitative estimate of drug-likeness (QED) is 0.870. The molecule has 1 atom stereocenters. The molecule has 0 spiro atoms. The van der Waals surface area contributed by atoms with Gasteiger partial charge in [0, 0.05) is 6.04 Å². The minimum atomic E-state index is 0.430. The van der Waals surface area contributed by atoms with Crippen molar-refractivity contribution in [3.63, 3.8) is 0 Å². The van der Waals surface area contributed by atoms with E-state index in [4.69, 9.17) is 0 Å². The molecule has 0 saturated heterocycles. The van der Waals surface area contributed by atoms with Gasteiger partial charge in [-0.2, -0.15) is 0 Å². The van der Waals surface area contributed by atoms with Crippen molar-refractivity contribution in [3.05, 3.63) is 10.7 Å². The third-order valence-corrected chi connectivity index (χ3v) is 4.91. The standard InChI is InChI=1S/C13H20N4S2/c1-5-7-10-11(18-9(4)15-10)12-16-17-13(19-12)14-8(3)6-2/h8H,5-7H2,1-4H3,(H,14,17). The van der Waals surface area contributed by atoms with Gasteiger partial charge < -0.3 is 5.32 Å². The summed E-state index contributed by atoms with van der Waals surface area (Å²) in [5, 5.41) is 14.9. The Balaban J connectivity index is 2.22. The third kappa shape index (κ3) is 3.51. The zero-order valence-electron chi connectivity index (χ0n) is 11.9. The van der Waals surface area contributed by atoms with Crippen LogP contribution in [0.1, 0.15) is 44.3 Å². The molecule has 0 aliphatic heterocycles. The van der Waals surface area contributed by atoms with E-state index >= 15 is 0 Å². The molecule has 2 aromatic rings. The number of aromatic nitrogens is 3. The van der Waals surface area contributed by atoms with Crippen molar-refractivity contribution in [3.8, 4) is 9.88 Å². The van der Waals surface area contributed by atoms with Gasteiger partial charge in [0.1, 0.15) is 0 Å². The van der Waals surface area contributed by atoms with Crippen molar-refractivity contribution in [2.24, 2.45) is 0 Å². The monoisotopic (exact) mass is 296 g/mol. The highest BCUT2D eigenvalue weighted by Crippen LogP contribution is 2.34. The Bertz CT molecular complexity index is 532. The van der Waals surface area contributed by atoms with Gasteiger partial charge in [-0.3, -0.25) is 0 Å². The first-order valence-corrected chi connectivity index (χ1v) is 8.34. The fourth-order valence-corrected chi connectivity index (χ4v) is 3.64. The fraction of sp³-hybridized carbons (Fsp3) is 0.615. The molecule has 104 valence electrons. The van der Waals surface area contributed by atoms with Crippen LogP contribution in [0, 0.1) is 6.92 Å². The maximum atomic E-state index is 4.60. The summed E-state index contributed by atoms with van der Waals surface area (Å²) >= 11 is 3.33. The summed E-state index contributed by atoms with van der Waals surface area (Å²) in [6.07, 6.45) is 3.19. The molecule has 0 amide bonds. The molecule has 1 N–H and O–H groups in total. The maximum Gasteiger partial charge on any atom is 0.206 e. The normalized spacial score (nSPS) is 12.6. The molecule has 2 aromatic heterocycles. The average Bonchev–Trinajstić information content (AvgIpc) is 2.96. The topological polar surface area (TPSA) is 50.7 Å². The molecule has 2 rings (SSSR count). The largest absolute Gasteiger partial charge is 0.358 e. The first-order chi connectivity index (χ1) is 9.13. The molecule has 0 aliphatic carbocycles. The van der Waals surface area contributed by atoms with E-state index in [0.29, 0.717) is 6.04 Å². The van der Waals surface area contributed by atoms with Crippen molar-refractivity contribution in [1.82, 2.24) is 15.2 Å². The minimum Gasteiger partial charge on any atom is -0.358 e. The Kier molecular flexibility index (Phi) is 4.87. The van der Waals surface area contributed by atoms with Gasteiger partial charge in [-0.05, 0) is 26.7 Å². The van der Waals surface area contributed by atoms with E-state index in [9.17, 15) is 0 Å².